The van der Waals surface area contributed by atoms with E-state index in [1.807, 2.05) is 116 Å². The fourth-order valence-electron chi connectivity index (χ4n) is 7.30. The van der Waals surface area contributed by atoms with Gasteiger partial charge in [-0.25, -0.2) is 13.2 Å². The Morgan fingerprint density at radius 3 is 2.13 bits per heavy atom. The molecule has 5 atom stereocenters. The van der Waals surface area contributed by atoms with E-state index in [9.17, 15) is 28.2 Å². The van der Waals surface area contributed by atoms with Crippen LogP contribution in [0.1, 0.15) is 63.1 Å². The van der Waals surface area contributed by atoms with E-state index in [1.165, 1.54) is 23.9 Å². The number of aliphatic hydroxyl groups excluding tert-OH is 1. The van der Waals surface area contributed by atoms with Gasteiger partial charge in [0.1, 0.15) is 6.04 Å². The number of aromatic carboxylic acids is 1. The first-order valence-corrected chi connectivity index (χ1v) is 22.5. The van der Waals surface area contributed by atoms with E-state index in [0.29, 0.717) is 10.6 Å². The van der Waals surface area contributed by atoms with Crippen LogP contribution in [0.25, 0.3) is 11.1 Å². The topological polar surface area (TPSA) is 151 Å². The third-order valence-corrected chi connectivity index (χ3v) is 13.4. The second kappa shape index (κ2) is 19.9. The number of benzene rings is 6. The summed E-state index contributed by atoms with van der Waals surface area (Å²) in [5.74, 6) is -1.04. The van der Waals surface area contributed by atoms with Crippen LogP contribution in [-0.2, 0) is 43.9 Å². The maximum atomic E-state index is 13.7. The monoisotopic (exact) mass is 856 g/mol. The smallest absolute Gasteiger partial charge is 0.336 e. The molecule has 1 aliphatic heterocycles. The Bertz CT molecular complexity index is 2550. The van der Waals surface area contributed by atoms with Crippen LogP contribution < -0.4 is 10.0 Å². The molecule has 0 saturated carbocycles. The predicted molar refractivity (Wildman–Crippen MR) is 236 cm³/mol. The minimum atomic E-state index is -3.99. The highest BCUT2D eigenvalue weighted by atomic mass is 32.2. The van der Waals surface area contributed by atoms with Crippen molar-refractivity contribution in [1.29, 1.82) is 0 Å². The van der Waals surface area contributed by atoms with Crippen molar-refractivity contribution in [3.63, 3.8) is 0 Å². The summed E-state index contributed by atoms with van der Waals surface area (Å²) in [5, 5.41) is 22.4. The van der Waals surface area contributed by atoms with Gasteiger partial charge in [0.2, 0.25) is 15.9 Å². The van der Waals surface area contributed by atoms with Crippen LogP contribution >= 0.6 is 11.8 Å². The SMILES string of the molecule is Cc1ccc(S(=O)(=O)N[C@H](Cc2ccccc2)C(=O)NCc2cccc(-c3cccc([C@H]4O[C@@H](CSc5ccccc5C(=O)O)[C@@H](C)[C@@H](c5ccc(CO)cc5)O4)c3)c2)cc1. The molecule has 1 saturated heterocycles. The largest absolute Gasteiger partial charge is 0.478 e. The number of carbonyl (C=O) groups excluding carboxylic acids is 1. The van der Waals surface area contributed by atoms with Crippen LogP contribution in [0, 0.1) is 12.8 Å². The van der Waals surface area contributed by atoms with Crippen LogP contribution in [0.3, 0.4) is 0 Å². The molecule has 61 heavy (non-hydrogen) atoms. The molecular formula is C49H48N2O8S2. The minimum absolute atomic E-state index is 0.0689. The third kappa shape index (κ3) is 11.0. The summed E-state index contributed by atoms with van der Waals surface area (Å²) < 4.78 is 42.8. The molecule has 1 amide bonds. The van der Waals surface area contributed by atoms with E-state index in [0.717, 1.165) is 44.5 Å². The number of hydrogen-bond acceptors (Lipinski definition) is 8. The Morgan fingerprint density at radius 2 is 1.41 bits per heavy atom. The number of hydrogen-bond donors (Lipinski definition) is 4. The summed E-state index contributed by atoms with van der Waals surface area (Å²) in [6, 6.07) is 45.0. The van der Waals surface area contributed by atoms with E-state index in [4.69, 9.17) is 9.47 Å². The van der Waals surface area contributed by atoms with Crippen LogP contribution in [0.15, 0.2) is 161 Å². The first-order chi connectivity index (χ1) is 29.5. The van der Waals surface area contributed by atoms with Crippen molar-refractivity contribution in [3.05, 3.63) is 191 Å². The number of carboxylic acid groups (broad SMARTS) is 1. The average Bonchev–Trinajstić information content (AvgIpc) is 3.28. The fourth-order valence-corrected chi connectivity index (χ4v) is 9.71. The lowest BCUT2D eigenvalue weighted by Crippen LogP contribution is -2.47. The maximum Gasteiger partial charge on any atom is 0.336 e. The number of aliphatic hydroxyl groups is 1. The highest BCUT2D eigenvalue weighted by Crippen LogP contribution is 2.44. The van der Waals surface area contributed by atoms with Crippen molar-refractivity contribution in [1.82, 2.24) is 10.0 Å². The number of nitrogens with one attached hydrogen (secondary N) is 2. The van der Waals surface area contributed by atoms with Crippen molar-refractivity contribution in [2.75, 3.05) is 5.75 Å². The van der Waals surface area contributed by atoms with E-state index in [2.05, 4.69) is 17.0 Å². The molecule has 0 unspecified atom stereocenters. The molecule has 4 N–H and O–H groups in total. The number of thioether (sulfide) groups is 1. The number of rotatable bonds is 16. The predicted octanol–water partition coefficient (Wildman–Crippen LogP) is 8.64. The van der Waals surface area contributed by atoms with E-state index in [1.54, 1.807) is 30.3 Å². The first-order valence-electron chi connectivity index (χ1n) is 20.0. The highest BCUT2D eigenvalue weighted by molar-refractivity contribution is 7.99. The van der Waals surface area contributed by atoms with Crippen LogP contribution in [0.2, 0.25) is 0 Å². The molecule has 7 rings (SSSR count). The molecule has 12 heteroatoms. The van der Waals surface area contributed by atoms with Gasteiger partial charge in [-0.3, -0.25) is 4.79 Å². The molecule has 314 valence electrons. The van der Waals surface area contributed by atoms with Crippen molar-refractivity contribution >= 4 is 33.7 Å². The molecule has 6 aromatic carbocycles. The molecule has 1 fully saturated rings. The van der Waals surface area contributed by atoms with Crippen molar-refractivity contribution < 1.29 is 37.7 Å². The van der Waals surface area contributed by atoms with Gasteiger partial charge in [-0.2, -0.15) is 4.72 Å². The number of carbonyl (C=O) groups is 2. The Labute approximate surface area is 361 Å². The van der Waals surface area contributed by atoms with Crippen LogP contribution in [0.5, 0.6) is 0 Å². The average molecular weight is 857 g/mol. The molecule has 6 aromatic rings. The second-order valence-electron chi connectivity index (χ2n) is 15.2. The fraction of sp³-hybridized carbons (Fsp3) is 0.224. The summed E-state index contributed by atoms with van der Waals surface area (Å²) in [6.45, 7) is 4.04. The molecule has 0 bridgehead atoms. The molecule has 0 radical (unpaired) electrons. The van der Waals surface area contributed by atoms with Crippen molar-refractivity contribution in [2.45, 2.75) is 67.8 Å². The third-order valence-electron chi connectivity index (χ3n) is 10.8. The lowest BCUT2D eigenvalue weighted by Gasteiger charge is -2.41. The number of aryl methyl sites for hydroxylation is 1. The van der Waals surface area contributed by atoms with Crippen molar-refractivity contribution in [2.24, 2.45) is 5.92 Å². The molecule has 1 aliphatic rings. The zero-order chi connectivity index (χ0) is 42.9. The Hall–Kier alpha value is -5.60. The van der Waals surface area contributed by atoms with Gasteiger partial charge < -0.3 is 25.0 Å². The van der Waals surface area contributed by atoms with Gasteiger partial charge in [0.15, 0.2) is 6.29 Å². The van der Waals surface area contributed by atoms with E-state index in [-0.39, 0.29) is 48.2 Å². The van der Waals surface area contributed by atoms with Crippen LogP contribution in [-0.4, -0.2) is 48.4 Å². The maximum absolute atomic E-state index is 13.7. The summed E-state index contributed by atoms with van der Waals surface area (Å²) in [6.07, 6.45) is -1.24. The second-order valence-corrected chi connectivity index (χ2v) is 17.9. The summed E-state index contributed by atoms with van der Waals surface area (Å²) in [4.78, 5) is 26.4. The molecule has 0 aromatic heterocycles. The first kappa shape index (κ1) is 43.5. The van der Waals surface area contributed by atoms with Gasteiger partial charge in [-0.15, -0.1) is 11.8 Å². The summed E-state index contributed by atoms with van der Waals surface area (Å²) in [7, 11) is -3.99. The lowest BCUT2D eigenvalue weighted by atomic mass is 9.91. The molecular weight excluding hydrogens is 809 g/mol. The Kier molecular flexibility index (Phi) is 14.2. The molecule has 0 aliphatic carbocycles. The normalized spacial score (nSPS) is 18.3. The number of amides is 1. The minimum Gasteiger partial charge on any atom is -0.478 e. The molecule has 1 heterocycles. The number of carboxylic acids is 1. The number of ether oxygens (including phenoxy) is 2. The summed E-state index contributed by atoms with van der Waals surface area (Å²) >= 11 is 1.44. The number of sulfonamides is 1. The quantitative estimate of drug-likeness (QED) is 0.0702. The van der Waals surface area contributed by atoms with Gasteiger partial charge in [-0.1, -0.05) is 128 Å². The van der Waals surface area contributed by atoms with Gasteiger partial charge in [0, 0.05) is 28.7 Å². The summed E-state index contributed by atoms with van der Waals surface area (Å²) in [5.41, 5.74) is 7.13. The van der Waals surface area contributed by atoms with Gasteiger partial charge in [-0.05, 0) is 83.1 Å². The zero-order valence-corrected chi connectivity index (χ0v) is 35.4. The standard InChI is InChI=1S/C49H48N2O8S2/c1-32-18-24-41(25-19-32)61(56,57)51-43(27-34-10-4-3-5-11-34)47(53)50-29-36-12-8-13-38(26-36)39-14-9-15-40(28-39)49-58-44(31-60-45-17-7-6-16-42(45)48(54)55)33(2)46(59-49)37-22-20-35(30-52)21-23-37/h3-26,28,33,43-44,46,49,51-52H,27,29-31H2,1-2H3,(H,50,53)(H,54,55)/t33-,43-,44+,46+,49+/m1/s1. The lowest BCUT2D eigenvalue weighted by molar-refractivity contribution is -0.268. The molecule has 10 nitrogen and oxygen atoms in total. The molecule has 0 spiro atoms. The Balaban J connectivity index is 1.09. The Morgan fingerprint density at radius 1 is 0.738 bits per heavy atom. The zero-order valence-electron chi connectivity index (χ0n) is 33.8. The van der Waals surface area contributed by atoms with Gasteiger partial charge in [0.25, 0.3) is 0 Å². The van der Waals surface area contributed by atoms with Crippen molar-refractivity contribution in [3.8, 4) is 11.1 Å². The highest BCUT2D eigenvalue weighted by Gasteiger charge is 2.38. The van der Waals surface area contributed by atoms with Gasteiger partial charge >= 0.3 is 5.97 Å². The van der Waals surface area contributed by atoms with E-state index >= 15 is 0 Å². The van der Waals surface area contributed by atoms with Gasteiger partial charge in [0.05, 0.1) is 29.3 Å². The van der Waals surface area contributed by atoms with Crippen LogP contribution in [0.4, 0.5) is 0 Å². The van der Waals surface area contributed by atoms with E-state index < -0.39 is 34.2 Å².